The largest absolute Gasteiger partial charge is 0.449 e. The molecule has 0 saturated carbocycles. The fraction of sp³-hybridized carbons (Fsp3) is 0.333. The molecule has 1 aliphatic rings. The zero-order valence-corrected chi connectivity index (χ0v) is 10.6. The van der Waals surface area contributed by atoms with Gasteiger partial charge >= 0.3 is 12.2 Å². The third-order valence-electron chi connectivity index (χ3n) is 2.48. The predicted octanol–water partition coefficient (Wildman–Crippen LogP) is -0.0382. The predicted molar refractivity (Wildman–Crippen MR) is 66.5 cm³/mol. The van der Waals surface area contributed by atoms with E-state index < -0.39 is 12.2 Å². The number of primary amides is 2. The van der Waals surface area contributed by atoms with Crippen molar-refractivity contribution < 1.29 is 28.7 Å². The Hall–Kier alpha value is -2.64. The van der Waals surface area contributed by atoms with Gasteiger partial charge in [-0.1, -0.05) is 0 Å². The Kier molecular flexibility index (Phi) is 5.45. The van der Waals surface area contributed by atoms with Crippen molar-refractivity contribution in [3.05, 3.63) is 23.3 Å². The van der Waals surface area contributed by atoms with Crippen molar-refractivity contribution in [2.45, 2.75) is 12.8 Å². The minimum atomic E-state index is -0.944. The SMILES string of the molecule is NC(=O)OCCC1=CC(=O)C(CCOC(N)=O)=CC1=O. The summed E-state index contributed by atoms with van der Waals surface area (Å²) in [5, 5.41) is 0. The second-order valence-electron chi connectivity index (χ2n) is 3.90. The minimum absolute atomic E-state index is 0.0753. The van der Waals surface area contributed by atoms with E-state index in [0.717, 1.165) is 0 Å². The van der Waals surface area contributed by atoms with Crippen LogP contribution in [0.15, 0.2) is 23.3 Å². The van der Waals surface area contributed by atoms with Gasteiger partial charge in [-0.15, -0.1) is 0 Å². The molecule has 0 aromatic carbocycles. The molecular weight excluding hydrogens is 268 g/mol. The van der Waals surface area contributed by atoms with Gasteiger partial charge < -0.3 is 20.9 Å². The van der Waals surface area contributed by atoms with Crippen LogP contribution in [0.2, 0.25) is 0 Å². The van der Waals surface area contributed by atoms with Gasteiger partial charge in [-0.2, -0.15) is 0 Å². The molecule has 4 N–H and O–H groups in total. The smallest absolute Gasteiger partial charge is 0.404 e. The Bertz CT molecular complexity index is 460. The van der Waals surface area contributed by atoms with Gasteiger partial charge in [-0.3, -0.25) is 9.59 Å². The number of rotatable bonds is 6. The molecule has 0 saturated heterocycles. The van der Waals surface area contributed by atoms with Gasteiger partial charge in [0.05, 0.1) is 13.2 Å². The second kappa shape index (κ2) is 7.07. The van der Waals surface area contributed by atoms with Crippen LogP contribution in [0.4, 0.5) is 9.59 Å². The molecule has 0 radical (unpaired) electrons. The molecule has 0 aromatic rings. The molecule has 0 aromatic heterocycles. The number of ketones is 2. The summed E-state index contributed by atoms with van der Waals surface area (Å²) in [5.41, 5.74) is 10.0. The van der Waals surface area contributed by atoms with Crippen molar-refractivity contribution >= 4 is 23.8 Å². The van der Waals surface area contributed by atoms with Gasteiger partial charge in [0, 0.05) is 24.0 Å². The maximum atomic E-state index is 11.7. The average Bonchev–Trinajstić information content (AvgIpc) is 2.33. The summed E-state index contributed by atoms with van der Waals surface area (Å²) in [4.78, 5) is 44.2. The molecule has 1 aliphatic carbocycles. The Morgan fingerprint density at radius 1 is 0.850 bits per heavy atom. The zero-order chi connectivity index (χ0) is 15.1. The first-order valence-corrected chi connectivity index (χ1v) is 5.74. The van der Waals surface area contributed by atoms with Crippen molar-refractivity contribution in [3.8, 4) is 0 Å². The summed E-state index contributed by atoms with van der Waals surface area (Å²) in [7, 11) is 0. The van der Waals surface area contributed by atoms with Crippen LogP contribution in [-0.2, 0) is 19.1 Å². The fourth-order valence-corrected chi connectivity index (χ4v) is 1.56. The number of carbonyl (C=O) groups excluding carboxylic acids is 4. The number of allylic oxidation sites excluding steroid dienone is 2. The van der Waals surface area contributed by atoms with Crippen molar-refractivity contribution in [2.75, 3.05) is 13.2 Å². The molecule has 1 rings (SSSR count). The number of hydrogen-bond acceptors (Lipinski definition) is 6. The summed E-state index contributed by atoms with van der Waals surface area (Å²) >= 11 is 0. The quantitative estimate of drug-likeness (QED) is 0.655. The lowest BCUT2D eigenvalue weighted by Gasteiger charge is -2.12. The molecule has 0 atom stereocenters. The van der Waals surface area contributed by atoms with Crippen molar-refractivity contribution in [1.82, 2.24) is 0 Å². The van der Waals surface area contributed by atoms with E-state index in [2.05, 4.69) is 9.47 Å². The minimum Gasteiger partial charge on any atom is -0.449 e. The third kappa shape index (κ3) is 4.92. The third-order valence-corrected chi connectivity index (χ3v) is 2.48. The molecule has 8 heteroatoms. The first-order valence-electron chi connectivity index (χ1n) is 5.74. The molecule has 0 aliphatic heterocycles. The van der Waals surface area contributed by atoms with E-state index in [1.807, 2.05) is 0 Å². The summed E-state index contributed by atoms with van der Waals surface area (Å²) in [6.07, 6.45) is 0.669. The highest BCUT2D eigenvalue weighted by atomic mass is 16.5. The first-order chi connectivity index (χ1) is 9.40. The Balaban J connectivity index is 2.53. The van der Waals surface area contributed by atoms with Crippen LogP contribution in [0.5, 0.6) is 0 Å². The maximum Gasteiger partial charge on any atom is 0.404 e. The van der Waals surface area contributed by atoms with Crippen molar-refractivity contribution in [2.24, 2.45) is 11.5 Å². The maximum absolute atomic E-state index is 11.7. The molecule has 2 amide bonds. The van der Waals surface area contributed by atoms with Gasteiger partial charge in [-0.05, 0) is 12.2 Å². The van der Waals surface area contributed by atoms with Gasteiger partial charge in [0.2, 0.25) is 0 Å². The highest BCUT2D eigenvalue weighted by Crippen LogP contribution is 2.17. The molecule has 20 heavy (non-hydrogen) atoms. The van der Waals surface area contributed by atoms with Gasteiger partial charge in [-0.25, -0.2) is 9.59 Å². The van der Waals surface area contributed by atoms with Crippen LogP contribution in [0, 0.1) is 0 Å². The van der Waals surface area contributed by atoms with Crippen molar-refractivity contribution in [3.63, 3.8) is 0 Å². The molecule has 0 bridgehead atoms. The van der Waals surface area contributed by atoms with Crippen LogP contribution in [-0.4, -0.2) is 37.0 Å². The zero-order valence-electron chi connectivity index (χ0n) is 10.6. The molecule has 0 fully saturated rings. The Morgan fingerprint density at radius 2 is 1.20 bits per heavy atom. The molecule has 0 heterocycles. The Morgan fingerprint density at radius 3 is 1.50 bits per heavy atom. The Labute approximate surface area is 114 Å². The highest BCUT2D eigenvalue weighted by Gasteiger charge is 2.20. The summed E-state index contributed by atoms with van der Waals surface area (Å²) in [5.74, 6) is -0.710. The lowest BCUT2D eigenvalue weighted by molar-refractivity contribution is -0.115. The number of amides is 2. The van der Waals surface area contributed by atoms with Gasteiger partial charge in [0.15, 0.2) is 11.6 Å². The number of nitrogens with two attached hydrogens (primary N) is 2. The monoisotopic (exact) mass is 282 g/mol. The van der Waals surface area contributed by atoms with Crippen LogP contribution >= 0.6 is 0 Å². The number of hydrogen-bond donors (Lipinski definition) is 2. The summed E-state index contributed by atoms with van der Waals surface area (Å²) in [6.45, 7) is -0.151. The van der Waals surface area contributed by atoms with Gasteiger partial charge in [0.1, 0.15) is 0 Å². The van der Waals surface area contributed by atoms with Crippen LogP contribution in [0.3, 0.4) is 0 Å². The lowest BCUT2D eigenvalue weighted by atomic mass is 9.94. The topological polar surface area (TPSA) is 139 Å². The van der Waals surface area contributed by atoms with Crippen LogP contribution < -0.4 is 11.5 Å². The van der Waals surface area contributed by atoms with E-state index in [-0.39, 0.29) is 48.8 Å². The van der Waals surface area contributed by atoms with E-state index >= 15 is 0 Å². The van der Waals surface area contributed by atoms with E-state index in [4.69, 9.17) is 11.5 Å². The van der Waals surface area contributed by atoms with E-state index in [9.17, 15) is 19.2 Å². The lowest BCUT2D eigenvalue weighted by Crippen LogP contribution is -2.19. The average molecular weight is 282 g/mol. The van der Waals surface area contributed by atoms with Crippen LogP contribution in [0.25, 0.3) is 0 Å². The van der Waals surface area contributed by atoms with Gasteiger partial charge in [0.25, 0.3) is 0 Å². The summed E-state index contributed by atoms with van der Waals surface area (Å²) in [6, 6.07) is 0. The first kappa shape index (κ1) is 15.4. The van der Waals surface area contributed by atoms with E-state index in [1.165, 1.54) is 12.2 Å². The number of ether oxygens (including phenoxy) is 2. The number of carbonyl (C=O) groups is 4. The van der Waals surface area contributed by atoms with E-state index in [0.29, 0.717) is 0 Å². The van der Waals surface area contributed by atoms with Crippen molar-refractivity contribution in [1.29, 1.82) is 0 Å². The summed E-state index contributed by atoms with van der Waals surface area (Å²) < 4.78 is 8.98. The highest BCUT2D eigenvalue weighted by molar-refractivity contribution is 6.19. The molecule has 0 spiro atoms. The van der Waals surface area contributed by atoms with Crippen LogP contribution in [0.1, 0.15) is 12.8 Å². The normalized spacial score (nSPS) is 14.4. The van der Waals surface area contributed by atoms with E-state index in [1.54, 1.807) is 0 Å². The molecule has 108 valence electrons. The molecular formula is C12H14N2O6. The second-order valence-corrected chi connectivity index (χ2v) is 3.90. The fourth-order valence-electron chi connectivity index (χ4n) is 1.56. The molecule has 0 unspecified atom stereocenters. The molecule has 8 nitrogen and oxygen atoms in total. The standard InChI is InChI=1S/C12H14N2O6/c13-11(17)19-3-1-7-5-10(16)8(6-9(7)15)2-4-20-12(14)18/h5-6H,1-4H2,(H2,13,17)(H2,14,18).